The van der Waals surface area contributed by atoms with Crippen molar-refractivity contribution < 1.29 is 9.47 Å². The highest BCUT2D eigenvalue weighted by Gasteiger charge is 2.22. The maximum Gasteiger partial charge on any atom is 0.211 e. The van der Waals surface area contributed by atoms with E-state index in [4.69, 9.17) is 9.47 Å². The number of nitrogens with one attached hydrogen (secondary N) is 1. The van der Waals surface area contributed by atoms with Gasteiger partial charge in [0.25, 0.3) is 0 Å². The lowest BCUT2D eigenvalue weighted by Gasteiger charge is -2.22. The summed E-state index contributed by atoms with van der Waals surface area (Å²) in [4.78, 5) is 0. The van der Waals surface area contributed by atoms with Gasteiger partial charge in [-0.1, -0.05) is 6.92 Å². The van der Waals surface area contributed by atoms with Crippen LogP contribution in [0.15, 0.2) is 17.9 Å². The second-order valence-corrected chi connectivity index (χ2v) is 4.39. The molecule has 1 aromatic heterocycles. The van der Waals surface area contributed by atoms with Crippen LogP contribution in [0.2, 0.25) is 0 Å². The molecule has 1 N–H and O–H groups in total. The van der Waals surface area contributed by atoms with Crippen molar-refractivity contribution in [1.29, 1.82) is 0 Å². The van der Waals surface area contributed by atoms with E-state index in [0.717, 1.165) is 37.6 Å². The normalized spacial score (nSPS) is 16.9. The first kappa shape index (κ1) is 13.0. The van der Waals surface area contributed by atoms with Gasteiger partial charge in [0.15, 0.2) is 0 Å². The fourth-order valence-electron chi connectivity index (χ4n) is 2.23. The maximum absolute atomic E-state index is 5.43. The van der Waals surface area contributed by atoms with Gasteiger partial charge in [0.1, 0.15) is 0 Å². The molecule has 0 saturated carbocycles. The van der Waals surface area contributed by atoms with Crippen LogP contribution in [0.1, 0.15) is 31.5 Å². The maximum atomic E-state index is 5.43. The van der Waals surface area contributed by atoms with Gasteiger partial charge < -0.3 is 14.8 Å². The largest absolute Gasteiger partial charge is 0.501 e. The Hall–Kier alpha value is -1.49. The van der Waals surface area contributed by atoms with Gasteiger partial charge in [-0.05, 0) is 25.0 Å². The Labute approximate surface area is 108 Å². The number of aryl methyl sites for hydroxylation is 1. The number of rotatable bonds is 5. The second kappa shape index (κ2) is 5.91. The average molecular weight is 251 g/mol. The van der Waals surface area contributed by atoms with Gasteiger partial charge >= 0.3 is 0 Å². The van der Waals surface area contributed by atoms with Gasteiger partial charge in [0, 0.05) is 13.1 Å². The lowest BCUT2D eigenvalue weighted by Crippen LogP contribution is -2.24. The van der Waals surface area contributed by atoms with Gasteiger partial charge in [-0.2, -0.15) is 5.10 Å². The molecule has 1 aliphatic heterocycles. The van der Waals surface area contributed by atoms with E-state index in [1.165, 1.54) is 5.57 Å². The Morgan fingerprint density at radius 2 is 2.44 bits per heavy atom. The smallest absolute Gasteiger partial charge is 0.211 e. The fourth-order valence-corrected chi connectivity index (χ4v) is 2.23. The third-order valence-electron chi connectivity index (χ3n) is 3.10. The molecule has 0 amide bonds. The van der Waals surface area contributed by atoms with Gasteiger partial charge in [-0.15, -0.1) is 0 Å². The molecule has 0 aliphatic carbocycles. The molecular weight excluding hydrogens is 230 g/mol. The highest BCUT2D eigenvalue weighted by atomic mass is 16.5. The summed E-state index contributed by atoms with van der Waals surface area (Å²) < 4.78 is 12.4. The van der Waals surface area contributed by atoms with Crippen molar-refractivity contribution in [1.82, 2.24) is 15.1 Å². The van der Waals surface area contributed by atoms with E-state index in [1.54, 1.807) is 11.8 Å². The molecule has 2 heterocycles. The first-order chi connectivity index (χ1) is 8.76. The summed E-state index contributed by atoms with van der Waals surface area (Å²) in [5.41, 5.74) is 2.23. The first-order valence-electron chi connectivity index (χ1n) is 6.38. The molecule has 1 unspecified atom stereocenters. The monoisotopic (exact) mass is 251 g/mol. The Morgan fingerprint density at radius 1 is 1.61 bits per heavy atom. The van der Waals surface area contributed by atoms with Gasteiger partial charge in [0.05, 0.1) is 31.7 Å². The Bertz CT molecular complexity index is 426. The van der Waals surface area contributed by atoms with Gasteiger partial charge in [0.2, 0.25) is 5.88 Å². The van der Waals surface area contributed by atoms with E-state index in [0.29, 0.717) is 0 Å². The van der Waals surface area contributed by atoms with E-state index in [2.05, 4.69) is 17.3 Å². The molecule has 0 saturated heterocycles. The molecule has 0 fully saturated rings. The van der Waals surface area contributed by atoms with Crippen molar-refractivity contribution in [3.63, 3.8) is 0 Å². The van der Waals surface area contributed by atoms with Crippen LogP contribution in [0.4, 0.5) is 0 Å². The van der Waals surface area contributed by atoms with Crippen molar-refractivity contribution in [2.45, 2.75) is 25.8 Å². The van der Waals surface area contributed by atoms with Crippen molar-refractivity contribution >= 4 is 0 Å². The number of likely N-dealkylation sites (N-methyl/N-ethyl adjacent to an activating group) is 1. The topological polar surface area (TPSA) is 48.3 Å². The number of ether oxygens (including phenoxy) is 2. The summed E-state index contributed by atoms with van der Waals surface area (Å²) in [7, 11) is 3.54. The standard InChI is InChI=1S/C13H21N3O2/c1-4-14-13(10-6-5-7-18-9-10)11-8-12(17-3)16(2)15-11/h8-9,13-14H,4-7H2,1-3H3. The Balaban J connectivity index is 2.25. The van der Waals surface area contributed by atoms with Crippen LogP contribution < -0.4 is 10.1 Å². The van der Waals surface area contributed by atoms with E-state index in [9.17, 15) is 0 Å². The number of hydrogen-bond donors (Lipinski definition) is 1. The van der Waals surface area contributed by atoms with Crippen molar-refractivity contribution in [2.24, 2.45) is 7.05 Å². The summed E-state index contributed by atoms with van der Waals surface area (Å²) in [6.45, 7) is 3.80. The predicted molar refractivity (Wildman–Crippen MR) is 69.4 cm³/mol. The van der Waals surface area contributed by atoms with Crippen LogP contribution in [0.5, 0.6) is 5.88 Å². The van der Waals surface area contributed by atoms with Crippen LogP contribution in [0, 0.1) is 0 Å². The van der Waals surface area contributed by atoms with E-state index < -0.39 is 0 Å². The van der Waals surface area contributed by atoms with E-state index >= 15 is 0 Å². The third kappa shape index (κ3) is 2.67. The van der Waals surface area contributed by atoms with Crippen LogP contribution in [-0.2, 0) is 11.8 Å². The van der Waals surface area contributed by atoms with Gasteiger partial charge in [-0.25, -0.2) is 4.68 Å². The minimum absolute atomic E-state index is 0.116. The highest BCUT2D eigenvalue weighted by Crippen LogP contribution is 2.28. The van der Waals surface area contributed by atoms with Crippen molar-refractivity contribution in [3.8, 4) is 5.88 Å². The minimum Gasteiger partial charge on any atom is -0.501 e. The molecule has 5 heteroatoms. The zero-order valence-electron chi connectivity index (χ0n) is 11.3. The number of methoxy groups -OCH3 is 1. The van der Waals surface area contributed by atoms with Crippen LogP contribution in [0.25, 0.3) is 0 Å². The zero-order valence-corrected chi connectivity index (χ0v) is 11.3. The number of hydrogen-bond acceptors (Lipinski definition) is 4. The minimum atomic E-state index is 0.116. The molecule has 0 radical (unpaired) electrons. The molecule has 1 aliphatic rings. The molecule has 1 atom stereocenters. The Kier molecular flexibility index (Phi) is 4.25. The molecule has 0 spiro atoms. The van der Waals surface area contributed by atoms with Crippen LogP contribution in [0.3, 0.4) is 0 Å². The summed E-state index contributed by atoms with van der Waals surface area (Å²) >= 11 is 0. The summed E-state index contributed by atoms with van der Waals surface area (Å²) in [6, 6.07) is 2.09. The molecule has 5 nitrogen and oxygen atoms in total. The zero-order chi connectivity index (χ0) is 13.0. The molecule has 0 bridgehead atoms. The van der Waals surface area contributed by atoms with Crippen LogP contribution >= 0.6 is 0 Å². The summed E-state index contributed by atoms with van der Waals surface area (Å²) in [5.74, 6) is 0.769. The average Bonchev–Trinajstić information content (AvgIpc) is 2.78. The highest BCUT2D eigenvalue weighted by molar-refractivity contribution is 5.26. The number of nitrogens with zero attached hydrogens (tertiary/aromatic N) is 2. The van der Waals surface area contributed by atoms with Crippen molar-refractivity contribution in [2.75, 3.05) is 20.3 Å². The first-order valence-corrected chi connectivity index (χ1v) is 6.38. The van der Waals surface area contributed by atoms with Gasteiger partial charge in [-0.3, -0.25) is 0 Å². The Morgan fingerprint density at radius 3 is 3.00 bits per heavy atom. The van der Waals surface area contributed by atoms with Crippen molar-refractivity contribution in [3.05, 3.63) is 23.6 Å². The summed E-state index contributed by atoms with van der Waals surface area (Å²) in [6.07, 6.45) is 3.99. The molecular formula is C13H21N3O2. The molecule has 2 rings (SSSR count). The lowest BCUT2D eigenvalue weighted by atomic mass is 9.99. The molecule has 100 valence electrons. The number of aromatic nitrogens is 2. The SMILES string of the molecule is CCNC(C1=COCCC1)c1cc(OC)n(C)n1. The lowest BCUT2D eigenvalue weighted by molar-refractivity contribution is 0.219. The van der Waals surface area contributed by atoms with E-state index in [1.807, 2.05) is 19.4 Å². The molecule has 0 aromatic carbocycles. The third-order valence-corrected chi connectivity index (χ3v) is 3.10. The summed E-state index contributed by atoms with van der Waals surface area (Å²) in [5, 5.41) is 7.96. The van der Waals surface area contributed by atoms with E-state index in [-0.39, 0.29) is 6.04 Å². The fraction of sp³-hybridized carbons (Fsp3) is 0.615. The van der Waals surface area contributed by atoms with Crippen LogP contribution in [-0.4, -0.2) is 30.0 Å². The second-order valence-electron chi connectivity index (χ2n) is 4.39. The quantitative estimate of drug-likeness (QED) is 0.866. The molecule has 1 aromatic rings. The molecule has 18 heavy (non-hydrogen) atoms. The predicted octanol–water partition coefficient (Wildman–Crippen LogP) is 1.77.